The van der Waals surface area contributed by atoms with Crippen molar-refractivity contribution in [1.29, 1.82) is 0 Å². The number of ether oxygens (including phenoxy) is 1. The minimum Gasteiger partial charge on any atom is -0.481 e. The smallest absolute Gasteiger partial charge is 0.307 e. The predicted octanol–water partition coefficient (Wildman–Crippen LogP) is 2.55. The van der Waals surface area contributed by atoms with E-state index in [0.29, 0.717) is 13.2 Å². The van der Waals surface area contributed by atoms with Crippen LogP contribution in [0.1, 0.15) is 24.5 Å². The van der Waals surface area contributed by atoms with Crippen molar-refractivity contribution in [2.75, 3.05) is 26.8 Å². The lowest BCUT2D eigenvalue weighted by atomic mass is 10.1. The topological polar surface area (TPSA) is 49.8 Å². The number of carbonyl (C=O) groups is 1. The molecule has 0 aliphatic heterocycles. The van der Waals surface area contributed by atoms with E-state index in [2.05, 4.69) is 24.0 Å². The van der Waals surface area contributed by atoms with Gasteiger partial charge in [0.2, 0.25) is 0 Å². The fourth-order valence-corrected chi connectivity index (χ4v) is 2.16. The first kappa shape index (κ1) is 16.7. The summed E-state index contributed by atoms with van der Waals surface area (Å²) in [7, 11) is 1.69. The third-order valence-corrected chi connectivity index (χ3v) is 3.43. The van der Waals surface area contributed by atoms with Gasteiger partial charge in [-0.2, -0.15) is 0 Å². The molecule has 0 saturated heterocycles. The molecule has 0 aliphatic carbocycles. The average molecular weight is 279 g/mol. The summed E-state index contributed by atoms with van der Waals surface area (Å²) in [5.74, 6) is -1.10. The van der Waals surface area contributed by atoms with E-state index in [1.165, 1.54) is 11.1 Å². The fourth-order valence-electron chi connectivity index (χ4n) is 2.16. The number of carboxylic acids is 1. The number of rotatable bonds is 9. The molecule has 112 valence electrons. The molecule has 0 fully saturated rings. The van der Waals surface area contributed by atoms with Crippen LogP contribution in [-0.2, 0) is 16.1 Å². The van der Waals surface area contributed by atoms with E-state index >= 15 is 0 Å². The van der Waals surface area contributed by atoms with Crippen LogP contribution < -0.4 is 0 Å². The Bertz CT molecular complexity index is 420. The minimum atomic E-state index is -0.744. The lowest BCUT2D eigenvalue weighted by Gasteiger charge is -2.25. The summed E-state index contributed by atoms with van der Waals surface area (Å²) in [6.07, 6.45) is 0.911. The highest BCUT2D eigenvalue weighted by Crippen LogP contribution is 2.12. The van der Waals surface area contributed by atoms with Crippen LogP contribution >= 0.6 is 0 Å². The zero-order valence-corrected chi connectivity index (χ0v) is 12.6. The Balaban J connectivity index is 2.66. The molecular weight excluding hydrogens is 254 g/mol. The van der Waals surface area contributed by atoms with Crippen LogP contribution in [0.2, 0.25) is 0 Å². The van der Waals surface area contributed by atoms with Gasteiger partial charge in [-0.3, -0.25) is 9.69 Å². The molecule has 0 spiro atoms. The Morgan fingerprint density at radius 2 is 2.10 bits per heavy atom. The standard InChI is InChI=1S/C16H25NO3/c1-13-7-4-5-8-15(13)12-17(9-6-10-20-3)11-14(2)16(18)19/h4-5,7-8,14H,6,9-12H2,1-3H3,(H,18,19). The summed E-state index contributed by atoms with van der Waals surface area (Å²) in [6, 6.07) is 8.23. The van der Waals surface area contributed by atoms with Crippen LogP contribution in [-0.4, -0.2) is 42.8 Å². The predicted molar refractivity (Wildman–Crippen MR) is 79.7 cm³/mol. The molecule has 0 bridgehead atoms. The van der Waals surface area contributed by atoms with Gasteiger partial charge in [-0.1, -0.05) is 31.2 Å². The molecule has 1 rings (SSSR count). The first-order chi connectivity index (χ1) is 9.54. The number of hydrogen-bond acceptors (Lipinski definition) is 3. The van der Waals surface area contributed by atoms with E-state index in [-0.39, 0.29) is 5.92 Å². The molecule has 0 saturated carbocycles. The number of hydrogen-bond donors (Lipinski definition) is 1. The highest BCUT2D eigenvalue weighted by Gasteiger charge is 2.16. The summed E-state index contributed by atoms with van der Waals surface area (Å²) in [5.41, 5.74) is 2.50. The molecule has 0 aliphatic rings. The summed E-state index contributed by atoms with van der Waals surface area (Å²) in [6.45, 7) is 6.74. The second kappa shape index (κ2) is 8.72. The first-order valence-corrected chi connectivity index (χ1v) is 7.03. The van der Waals surface area contributed by atoms with E-state index in [1.54, 1.807) is 14.0 Å². The number of aliphatic carboxylic acids is 1. The van der Waals surface area contributed by atoms with E-state index in [1.807, 2.05) is 12.1 Å². The van der Waals surface area contributed by atoms with Crippen molar-refractivity contribution in [2.24, 2.45) is 5.92 Å². The summed E-state index contributed by atoms with van der Waals surface area (Å²) >= 11 is 0. The van der Waals surface area contributed by atoms with Crippen LogP contribution in [0, 0.1) is 12.8 Å². The third kappa shape index (κ3) is 5.72. The number of methoxy groups -OCH3 is 1. The van der Waals surface area contributed by atoms with Crippen LogP contribution in [0.3, 0.4) is 0 Å². The van der Waals surface area contributed by atoms with Gasteiger partial charge in [-0.25, -0.2) is 0 Å². The molecule has 0 amide bonds. The van der Waals surface area contributed by atoms with Crippen molar-refractivity contribution in [2.45, 2.75) is 26.8 Å². The molecule has 0 radical (unpaired) electrons. The van der Waals surface area contributed by atoms with Gasteiger partial charge in [0.05, 0.1) is 5.92 Å². The second-order valence-electron chi connectivity index (χ2n) is 5.25. The molecule has 0 aromatic heterocycles. The van der Waals surface area contributed by atoms with Crippen molar-refractivity contribution >= 4 is 5.97 Å². The normalized spacial score (nSPS) is 12.6. The molecule has 4 heteroatoms. The van der Waals surface area contributed by atoms with Gasteiger partial charge in [-0.15, -0.1) is 0 Å². The van der Waals surface area contributed by atoms with Crippen LogP contribution in [0.4, 0.5) is 0 Å². The largest absolute Gasteiger partial charge is 0.481 e. The average Bonchev–Trinajstić information content (AvgIpc) is 2.41. The quantitative estimate of drug-likeness (QED) is 0.706. The SMILES string of the molecule is COCCCN(Cc1ccccc1C)CC(C)C(=O)O. The van der Waals surface area contributed by atoms with Crippen molar-refractivity contribution in [3.63, 3.8) is 0 Å². The van der Waals surface area contributed by atoms with Crippen LogP contribution in [0.25, 0.3) is 0 Å². The van der Waals surface area contributed by atoms with Gasteiger partial charge in [0, 0.05) is 33.4 Å². The molecule has 20 heavy (non-hydrogen) atoms. The number of nitrogens with zero attached hydrogens (tertiary/aromatic N) is 1. The lowest BCUT2D eigenvalue weighted by Crippen LogP contribution is -2.33. The van der Waals surface area contributed by atoms with Crippen molar-refractivity contribution in [3.05, 3.63) is 35.4 Å². The Morgan fingerprint density at radius 3 is 2.70 bits per heavy atom. The van der Waals surface area contributed by atoms with E-state index < -0.39 is 5.97 Å². The number of benzene rings is 1. The first-order valence-electron chi connectivity index (χ1n) is 7.03. The van der Waals surface area contributed by atoms with E-state index in [9.17, 15) is 4.79 Å². The molecule has 1 aromatic rings. The fraction of sp³-hybridized carbons (Fsp3) is 0.562. The van der Waals surface area contributed by atoms with Gasteiger partial charge in [0.1, 0.15) is 0 Å². The van der Waals surface area contributed by atoms with Gasteiger partial charge in [0.25, 0.3) is 0 Å². The Labute approximate surface area is 121 Å². The van der Waals surface area contributed by atoms with Gasteiger partial charge in [0.15, 0.2) is 0 Å². The Kier molecular flexibility index (Phi) is 7.26. The summed E-state index contributed by atoms with van der Waals surface area (Å²) in [4.78, 5) is 13.2. The number of aryl methyl sites for hydroxylation is 1. The maximum atomic E-state index is 11.0. The van der Waals surface area contributed by atoms with Gasteiger partial charge in [-0.05, 0) is 24.5 Å². The molecular formula is C16H25NO3. The minimum absolute atomic E-state index is 0.360. The molecule has 1 atom stereocenters. The van der Waals surface area contributed by atoms with Crippen molar-refractivity contribution < 1.29 is 14.6 Å². The molecule has 1 N–H and O–H groups in total. The van der Waals surface area contributed by atoms with E-state index in [4.69, 9.17) is 9.84 Å². The van der Waals surface area contributed by atoms with Crippen molar-refractivity contribution in [1.82, 2.24) is 4.90 Å². The Hall–Kier alpha value is -1.39. The third-order valence-electron chi connectivity index (χ3n) is 3.43. The summed E-state index contributed by atoms with van der Waals surface area (Å²) in [5, 5.41) is 9.07. The van der Waals surface area contributed by atoms with Gasteiger partial charge < -0.3 is 9.84 Å². The highest BCUT2D eigenvalue weighted by atomic mass is 16.5. The zero-order valence-electron chi connectivity index (χ0n) is 12.6. The van der Waals surface area contributed by atoms with Crippen LogP contribution in [0.5, 0.6) is 0 Å². The monoisotopic (exact) mass is 279 g/mol. The lowest BCUT2D eigenvalue weighted by molar-refractivity contribution is -0.141. The zero-order chi connectivity index (χ0) is 15.0. The summed E-state index contributed by atoms with van der Waals surface area (Å²) < 4.78 is 5.08. The molecule has 4 nitrogen and oxygen atoms in total. The maximum Gasteiger partial charge on any atom is 0.307 e. The van der Waals surface area contributed by atoms with Crippen LogP contribution in [0.15, 0.2) is 24.3 Å². The van der Waals surface area contributed by atoms with Gasteiger partial charge >= 0.3 is 5.97 Å². The van der Waals surface area contributed by atoms with Crippen molar-refractivity contribution in [3.8, 4) is 0 Å². The Morgan fingerprint density at radius 1 is 1.40 bits per heavy atom. The molecule has 0 heterocycles. The van der Waals surface area contributed by atoms with E-state index in [0.717, 1.165) is 19.5 Å². The molecule has 1 unspecified atom stereocenters. The second-order valence-corrected chi connectivity index (χ2v) is 5.25. The highest BCUT2D eigenvalue weighted by molar-refractivity contribution is 5.69. The number of carboxylic acid groups (broad SMARTS) is 1. The maximum absolute atomic E-state index is 11.0. The molecule has 1 aromatic carbocycles.